The molecule has 2 aliphatic rings. The monoisotopic (exact) mass is 569 g/mol. The molecule has 0 aliphatic carbocycles. The average molecular weight is 570 g/mol. The summed E-state index contributed by atoms with van der Waals surface area (Å²) < 4.78 is 15.9. The third kappa shape index (κ3) is 9.46. The van der Waals surface area contributed by atoms with Gasteiger partial charge in [0.25, 0.3) is 5.91 Å². The van der Waals surface area contributed by atoms with Gasteiger partial charge in [-0.25, -0.2) is 4.79 Å². The molecule has 1 aromatic rings. The van der Waals surface area contributed by atoms with Gasteiger partial charge in [-0.2, -0.15) is 5.10 Å². The average Bonchev–Trinajstić information content (AvgIpc) is 3.51. The molecule has 3 rings (SSSR count). The third-order valence-corrected chi connectivity index (χ3v) is 6.08. The summed E-state index contributed by atoms with van der Waals surface area (Å²) in [5.74, 6) is 0.0281. The fraction of sp³-hybridized carbons (Fsp3) is 0.520. The zero-order valence-electron chi connectivity index (χ0n) is 21.7. The number of carbonyl (C=O) groups is 3. The van der Waals surface area contributed by atoms with E-state index in [2.05, 4.69) is 15.7 Å². The number of benzene rings is 1. The maximum Gasteiger partial charge on any atom is 0.407 e. The van der Waals surface area contributed by atoms with E-state index >= 15 is 0 Å². The van der Waals surface area contributed by atoms with Crippen LogP contribution in [0.4, 0.5) is 10.5 Å². The first-order chi connectivity index (χ1) is 18.0. The standard InChI is InChI=1S/C25H33Cl2N5O6/c1-25(2,3)38-24(35)28-8-11-36-12-13-37-16-22(33)31-9-6-17(15-31)23(34)29-21-7-10-32(30-21)18-4-5-19(26)20(27)14-18/h4-6,14H,7-13,15-16H2,1-3H3,(H,28,35)(H,29,30,34). The molecule has 2 N–H and O–H groups in total. The molecule has 0 radical (unpaired) electrons. The van der Waals surface area contributed by atoms with Gasteiger partial charge in [0.05, 0.1) is 42.1 Å². The minimum absolute atomic E-state index is 0.117. The van der Waals surface area contributed by atoms with Gasteiger partial charge in [0.15, 0.2) is 0 Å². The number of anilines is 1. The Balaban J connectivity index is 1.29. The Hall–Kier alpha value is -2.86. The zero-order chi connectivity index (χ0) is 27.7. The van der Waals surface area contributed by atoms with Crippen molar-refractivity contribution in [3.63, 3.8) is 0 Å². The van der Waals surface area contributed by atoms with Crippen molar-refractivity contribution >= 4 is 52.6 Å². The van der Waals surface area contributed by atoms with Crippen LogP contribution in [0.5, 0.6) is 0 Å². The van der Waals surface area contributed by atoms with Crippen molar-refractivity contribution in [2.45, 2.75) is 32.8 Å². The highest BCUT2D eigenvalue weighted by Gasteiger charge is 2.26. The van der Waals surface area contributed by atoms with Gasteiger partial charge in [-0.15, -0.1) is 0 Å². The van der Waals surface area contributed by atoms with E-state index in [1.807, 2.05) is 6.07 Å². The summed E-state index contributed by atoms with van der Waals surface area (Å²) in [6.07, 6.45) is 1.78. The van der Waals surface area contributed by atoms with Gasteiger partial charge in [0.2, 0.25) is 5.91 Å². The predicted octanol–water partition coefficient (Wildman–Crippen LogP) is 2.96. The number of halogens is 2. The fourth-order valence-corrected chi connectivity index (χ4v) is 3.80. The van der Waals surface area contributed by atoms with E-state index in [0.717, 1.165) is 5.69 Å². The molecule has 2 heterocycles. The lowest BCUT2D eigenvalue weighted by atomic mass is 10.2. The largest absolute Gasteiger partial charge is 0.444 e. The third-order valence-electron chi connectivity index (χ3n) is 5.34. The Bertz CT molecular complexity index is 1090. The highest BCUT2D eigenvalue weighted by Crippen LogP contribution is 2.28. The molecule has 0 fully saturated rings. The van der Waals surface area contributed by atoms with Gasteiger partial charge >= 0.3 is 6.09 Å². The molecule has 0 saturated heterocycles. The second-order valence-corrected chi connectivity index (χ2v) is 10.4. The number of rotatable bonds is 10. The summed E-state index contributed by atoms with van der Waals surface area (Å²) >= 11 is 12.0. The summed E-state index contributed by atoms with van der Waals surface area (Å²) in [5.41, 5.74) is 0.722. The number of hydrazone groups is 1. The molecule has 0 saturated carbocycles. The Morgan fingerprint density at radius 2 is 1.84 bits per heavy atom. The number of alkyl carbamates (subject to hydrolysis) is 1. The van der Waals surface area contributed by atoms with Gasteiger partial charge in [0.1, 0.15) is 18.0 Å². The lowest BCUT2D eigenvalue weighted by Crippen LogP contribution is -2.36. The molecule has 1 aromatic carbocycles. The summed E-state index contributed by atoms with van der Waals surface area (Å²) in [5, 5.41) is 12.5. The van der Waals surface area contributed by atoms with Crippen molar-refractivity contribution in [1.82, 2.24) is 15.5 Å². The van der Waals surface area contributed by atoms with Gasteiger partial charge in [-0.3, -0.25) is 14.6 Å². The maximum absolute atomic E-state index is 12.7. The second kappa shape index (κ2) is 13.8. The van der Waals surface area contributed by atoms with Crippen molar-refractivity contribution in [2.75, 3.05) is 57.6 Å². The van der Waals surface area contributed by atoms with Crippen LogP contribution in [0.3, 0.4) is 0 Å². The highest BCUT2D eigenvalue weighted by molar-refractivity contribution is 6.42. The number of amides is 3. The van der Waals surface area contributed by atoms with E-state index < -0.39 is 11.7 Å². The number of hydrogen-bond acceptors (Lipinski definition) is 8. The first kappa shape index (κ1) is 29.7. The fourth-order valence-electron chi connectivity index (χ4n) is 3.51. The van der Waals surface area contributed by atoms with E-state index in [9.17, 15) is 14.4 Å². The number of amidine groups is 1. The molecular weight excluding hydrogens is 537 g/mol. The minimum Gasteiger partial charge on any atom is -0.444 e. The molecule has 11 nitrogen and oxygen atoms in total. The maximum atomic E-state index is 12.7. The van der Waals surface area contributed by atoms with E-state index in [1.165, 1.54) is 0 Å². The van der Waals surface area contributed by atoms with Crippen LogP contribution in [0, 0.1) is 0 Å². The van der Waals surface area contributed by atoms with Crippen LogP contribution in [0.15, 0.2) is 34.9 Å². The van der Waals surface area contributed by atoms with Crippen LogP contribution < -0.4 is 15.6 Å². The number of hydrogen-bond donors (Lipinski definition) is 2. The molecule has 0 bridgehead atoms. The van der Waals surface area contributed by atoms with Crippen LogP contribution >= 0.6 is 23.2 Å². The normalized spacial score (nSPS) is 15.3. The van der Waals surface area contributed by atoms with Gasteiger partial charge < -0.3 is 29.7 Å². The van der Waals surface area contributed by atoms with Crippen LogP contribution in [-0.2, 0) is 23.8 Å². The molecule has 38 heavy (non-hydrogen) atoms. The summed E-state index contributed by atoms with van der Waals surface area (Å²) in [6.45, 7) is 7.47. The first-order valence-electron chi connectivity index (χ1n) is 12.2. The van der Waals surface area contributed by atoms with E-state index in [4.69, 9.17) is 37.4 Å². The van der Waals surface area contributed by atoms with Crippen molar-refractivity contribution < 1.29 is 28.6 Å². The summed E-state index contributed by atoms with van der Waals surface area (Å²) in [6, 6.07) is 5.23. The van der Waals surface area contributed by atoms with Crippen LogP contribution in [0.2, 0.25) is 10.0 Å². The predicted molar refractivity (Wildman–Crippen MR) is 145 cm³/mol. The first-order valence-corrected chi connectivity index (χ1v) is 13.0. The smallest absolute Gasteiger partial charge is 0.407 e. The molecular formula is C25H33Cl2N5O6. The van der Waals surface area contributed by atoms with Crippen LogP contribution in [0.1, 0.15) is 27.2 Å². The van der Waals surface area contributed by atoms with Gasteiger partial charge in [0, 0.05) is 31.6 Å². The van der Waals surface area contributed by atoms with Crippen molar-refractivity contribution in [2.24, 2.45) is 5.10 Å². The van der Waals surface area contributed by atoms with Gasteiger partial charge in [-0.1, -0.05) is 29.3 Å². The van der Waals surface area contributed by atoms with E-state index in [-0.39, 0.29) is 38.2 Å². The van der Waals surface area contributed by atoms with Crippen molar-refractivity contribution in [1.29, 1.82) is 0 Å². The molecule has 0 atom stereocenters. The topological polar surface area (TPSA) is 122 Å². The molecule has 13 heteroatoms. The van der Waals surface area contributed by atoms with Crippen molar-refractivity contribution in [3.8, 4) is 0 Å². The van der Waals surface area contributed by atoms with Gasteiger partial charge in [-0.05, 0) is 39.0 Å². The Labute approximate surface area is 232 Å². The highest BCUT2D eigenvalue weighted by atomic mass is 35.5. The number of nitrogens with one attached hydrogen (secondary N) is 2. The van der Waals surface area contributed by atoms with E-state index in [1.54, 1.807) is 48.9 Å². The second-order valence-electron chi connectivity index (χ2n) is 9.57. The molecule has 2 aliphatic heterocycles. The summed E-state index contributed by atoms with van der Waals surface area (Å²) in [4.78, 5) is 38.2. The lowest BCUT2D eigenvalue weighted by molar-refractivity contribution is -0.135. The molecule has 208 valence electrons. The Morgan fingerprint density at radius 1 is 1.08 bits per heavy atom. The molecule has 3 amide bonds. The quantitative estimate of drug-likeness (QED) is 0.415. The number of nitrogens with zero attached hydrogens (tertiary/aromatic N) is 3. The molecule has 0 aromatic heterocycles. The zero-order valence-corrected chi connectivity index (χ0v) is 23.2. The SMILES string of the molecule is CC(C)(C)OC(=O)NCCOCCOCC(=O)N1CC=C(C(=O)NC2=NN(c3ccc(Cl)c(Cl)c3)CC2)C1. The summed E-state index contributed by atoms with van der Waals surface area (Å²) in [7, 11) is 0. The lowest BCUT2D eigenvalue weighted by Gasteiger charge is -2.19. The Kier molecular flexibility index (Phi) is 10.8. The van der Waals surface area contributed by atoms with Crippen LogP contribution in [0.25, 0.3) is 0 Å². The number of ether oxygens (including phenoxy) is 3. The van der Waals surface area contributed by atoms with E-state index in [0.29, 0.717) is 54.1 Å². The Morgan fingerprint density at radius 3 is 2.58 bits per heavy atom. The molecule has 0 spiro atoms. The molecule has 0 unspecified atom stereocenters. The number of carbonyl (C=O) groups excluding carboxylic acids is 3. The van der Waals surface area contributed by atoms with Crippen LogP contribution in [-0.4, -0.2) is 86.9 Å². The van der Waals surface area contributed by atoms with Crippen molar-refractivity contribution in [3.05, 3.63) is 39.9 Å². The minimum atomic E-state index is -0.554.